The van der Waals surface area contributed by atoms with Crippen molar-refractivity contribution >= 4 is 22.1 Å². The Bertz CT molecular complexity index is 2090. The van der Waals surface area contributed by atoms with Crippen LogP contribution in [0.5, 0.6) is 0 Å². The van der Waals surface area contributed by atoms with Crippen LogP contribution < -0.4 is 0 Å². The first kappa shape index (κ1) is 29.2. The molecule has 0 atom stereocenters. The molecule has 0 aliphatic heterocycles. The quantitative estimate of drug-likeness (QED) is 0.181. The molecular formula is C34H18F8N4. The van der Waals surface area contributed by atoms with Gasteiger partial charge in [-0.1, -0.05) is 84.9 Å². The first-order chi connectivity index (χ1) is 22.0. The Morgan fingerprint density at radius 3 is 1.11 bits per heavy atom. The number of nitrogens with zero attached hydrogens (tertiary/aromatic N) is 4. The van der Waals surface area contributed by atoms with Gasteiger partial charge in [-0.15, -0.1) is 0 Å². The van der Waals surface area contributed by atoms with E-state index < -0.39 is 46.5 Å². The van der Waals surface area contributed by atoms with E-state index >= 15 is 35.1 Å². The minimum Gasteiger partial charge on any atom is -0.289 e. The highest BCUT2D eigenvalue weighted by atomic mass is 19.4. The average molecular weight is 635 g/mol. The Morgan fingerprint density at radius 2 is 0.761 bits per heavy atom. The van der Waals surface area contributed by atoms with Crippen LogP contribution in [0.2, 0.25) is 0 Å². The number of halogens is 8. The standard InChI is InChI=1S/C34H18F8N4/c35-27-26(34(40,41)42)30(46-24-18-10-8-16-22(24)44-32(46)20-13-5-2-6-14-20)28(36)25(33(37,38)39)29(27)45-23-17-9-7-15-21(23)43-31(45)19-11-3-1-4-12-19/h1-18H. The molecule has 0 saturated heterocycles. The van der Waals surface area contributed by atoms with E-state index in [9.17, 15) is 0 Å². The van der Waals surface area contributed by atoms with Crippen LogP contribution in [0.1, 0.15) is 11.1 Å². The number of imidazole rings is 2. The van der Waals surface area contributed by atoms with Gasteiger partial charge >= 0.3 is 12.4 Å². The predicted molar refractivity (Wildman–Crippen MR) is 156 cm³/mol. The Labute approximate surface area is 254 Å². The highest BCUT2D eigenvalue weighted by molar-refractivity contribution is 5.86. The summed E-state index contributed by atoms with van der Waals surface area (Å²) in [5, 5.41) is 0. The molecule has 5 aromatic carbocycles. The number of fused-ring (bicyclic) bond motifs is 2. The molecule has 46 heavy (non-hydrogen) atoms. The predicted octanol–water partition coefficient (Wildman–Crippen LogP) is 10.0. The van der Waals surface area contributed by atoms with Gasteiger partial charge in [-0.3, -0.25) is 9.13 Å². The summed E-state index contributed by atoms with van der Waals surface area (Å²) in [7, 11) is 0. The maximum absolute atomic E-state index is 16.8. The SMILES string of the molecule is Fc1c(-n2c(-c3ccccc3)nc3ccccc32)c(C(F)(F)F)c(F)c(-n2c(-c3ccccc3)nc3ccccc32)c1C(F)(F)F. The van der Waals surface area contributed by atoms with Gasteiger partial charge in [-0.2, -0.15) is 26.3 Å². The summed E-state index contributed by atoms with van der Waals surface area (Å²) in [6.45, 7) is 0. The Kier molecular flexibility index (Phi) is 6.69. The molecule has 0 aliphatic rings. The summed E-state index contributed by atoms with van der Waals surface area (Å²) >= 11 is 0. The highest BCUT2D eigenvalue weighted by Crippen LogP contribution is 2.49. The van der Waals surface area contributed by atoms with Gasteiger partial charge in [0.1, 0.15) is 22.8 Å². The zero-order chi connectivity index (χ0) is 32.4. The molecule has 2 heterocycles. The van der Waals surface area contributed by atoms with Gasteiger partial charge < -0.3 is 0 Å². The third kappa shape index (κ3) is 4.59. The minimum atomic E-state index is -5.66. The van der Waals surface area contributed by atoms with Crippen molar-refractivity contribution in [1.82, 2.24) is 19.1 Å². The van der Waals surface area contributed by atoms with Crippen LogP contribution in [-0.4, -0.2) is 19.1 Å². The van der Waals surface area contributed by atoms with Gasteiger partial charge in [-0.05, 0) is 24.3 Å². The van der Waals surface area contributed by atoms with Gasteiger partial charge in [-0.25, -0.2) is 18.7 Å². The van der Waals surface area contributed by atoms with Crippen molar-refractivity contribution in [3.05, 3.63) is 132 Å². The van der Waals surface area contributed by atoms with Crippen molar-refractivity contribution in [2.75, 3.05) is 0 Å². The molecule has 0 saturated carbocycles. The van der Waals surface area contributed by atoms with E-state index in [2.05, 4.69) is 9.97 Å². The molecule has 0 bridgehead atoms. The van der Waals surface area contributed by atoms with E-state index in [0.29, 0.717) is 9.13 Å². The number of para-hydroxylation sites is 4. The second-order valence-corrected chi connectivity index (χ2v) is 10.3. The van der Waals surface area contributed by atoms with Gasteiger partial charge in [0.05, 0.1) is 33.4 Å². The third-order valence-corrected chi connectivity index (χ3v) is 7.53. The fourth-order valence-electron chi connectivity index (χ4n) is 5.67. The molecule has 230 valence electrons. The van der Waals surface area contributed by atoms with Crippen molar-refractivity contribution < 1.29 is 35.1 Å². The topological polar surface area (TPSA) is 35.6 Å². The number of hydrogen-bond acceptors (Lipinski definition) is 2. The van der Waals surface area contributed by atoms with Crippen LogP contribution in [0.25, 0.3) is 56.2 Å². The van der Waals surface area contributed by atoms with Crippen molar-refractivity contribution in [3.63, 3.8) is 0 Å². The summed E-state index contributed by atoms with van der Waals surface area (Å²) in [5.41, 5.74) is -7.69. The van der Waals surface area contributed by atoms with Crippen molar-refractivity contribution in [1.29, 1.82) is 0 Å². The summed E-state index contributed by atoms with van der Waals surface area (Å²) < 4.78 is 125. The normalized spacial score (nSPS) is 12.3. The fourth-order valence-corrected chi connectivity index (χ4v) is 5.67. The maximum Gasteiger partial charge on any atom is 0.421 e. The summed E-state index contributed by atoms with van der Waals surface area (Å²) in [5.74, 6) is -5.28. The van der Waals surface area contributed by atoms with Gasteiger partial charge in [0.25, 0.3) is 0 Å². The molecule has 0 radical (unpaired) electrons. The third-order valence-electron chi connectivity index (χ3n) is 7.53. The minimum absolute atomic E-state index is 0.0545. The van der Waals surface area contributed by atoms with E-state index in [1.54, 1.807) is 12.1 Å². The fraction of sp³-hybridized carbons (Fsp3) is 0.0588. The number of benzene rings is 5. The molecule has 7 aromatic rings. The van der Waals surface area contributed by atoms with E-state index in [-0.39, 0.29) is 44.8 Å². The molecule has 0 N–H and O–H groups in total. The van der Waals surface area contributed by atoms with Crippen LogP contribution >= 0.6 is 0 Å². The summed E-state index contributed by atoms with van der Waals surface area (Å²) in [6, 6.07) is 26.3. The molecule has 0 unspecified atom stereocenters. The number of rotatable bonds is 4. The molecule has 0 spiro atoms. The van der Waals surface area contributed by atoms with Crippen LogP contribution in [0.15, 0.2) is 109 Å². The van der Waals surface area contributed by atoms with Crippen molar-refractivity contribution in [2.24, 2.45) is 0 Å². The van der Waals surface area contributed by atoms with Gasteiger partial charge in [0.2, 0.25) is 0 Å². The molecule has 7 rings (SSSR count). The zero-order valence-corrected chi connectivity index (χ0v) is 23.2. The van der Waals surface area contributed by atoms with Crippen molar-refractivity contribution in [3.8, 4) is 34.2 Å². The highest BCUT2D eigenvalue weighted by Gasteiger charge is 2.49. The van der Waals surface area contributed by atoms with Crippen molar-refractivity contribution in [2.45, 2.75) is 12.4 Å². The van der Waals surface area contributed by atoms with E-state index in [1.165, 1.54) is 97.1 Å². The Morgan fingerprint density at radius 1 is 0.435 bits per heavy atom. The Hall–Kier alpha value is -5.52. The lowest BCUT2D eigenvalue weighted by atomic mass is 10.0. The number of alkyl halides is 6. The monoisotopic (exact) mass is 634 g/mol. The number of aromatic nitrogens is 4. The summed E-state index contributed by atoms with van der Waals surface area (Å²) in [4.78, 5) is 8.64. The maximum atomic E-state index is 16.8. The lowest BCUT2D eigenvalue weighted by Gasteiger charge is -2.25. The molecule has 0 fully saturated rings. The second kappa shape index (κ2) is 10.5. The van der Waals surface area contributed by atoms with Crippen LogP contribution in [0.4, 0.5) is 35.1 Å². The Balaban J connectivity index is 1.70. The van der Waals surface area contributed by atoms with Gasteiger partial charge in [0, 0.05) is 11.1 Å². The molecular weight excluding hydrogens is 616 g/mol. The van der Waals surface area contributed by atoms with Crippen LogP contribution in [0, 0.1) is 11.6 Å². The van der Waals surface area contributed by atoms with Crippen LogP contribution in [-0.2, 0) is 12.4 Å². The molecule has 0 aliphatic carbocycles. The molecule has 4 nitrogen and oxygen atoms in total. The van der Waals surface area contributed by atoms with Gasteiger partial charge in [0.15, 0.2) is 11.6 Å². The molecule has 2 aromatic heterocycles. The van der Waals surface area contributed by atoms with E-state index in [1.807, 2.05) is 0 Å². The first-order valence-corrected chi connectivity index (χ1v) is 13.7. The van der Waals surface area contributed by atoms with Crippen LogP contribution in [0.3, 0.4) is 0 Å². The van der Waals surface area contributed by atoms with E-state index in [0.717, 1.165) is 0 Å². The lowest BCUT2D eigenvalue weighted by molar-refractivity contribution is -0.145. The zero-order valence-electron chi connectivity index (χ0n) is 23.2. The molecule has 0 amide bonds. The smallest absolute Gasteiger partial charge is 0.289 e. The summed E-state index contributed by atoms with van der Waals surface area (Å²) in [6.07, 6.45) is -11.3. The molecule has 12 heteroatoms. The lowest BCUT2D eigenvalue weighted by Crippen LogP contribution is -2.24. The average Bonchev–Trinajstić information content (AvgIpc) is 3.60. The largest absolute Gasteiger partial charge is 0.421 e. The first-order valence-electron chi connectivity index (χ1n) is 13.7. The number of hydrogen-bond donors (Lipinski definition) is 0. The second-order valence-electron chi connectivity index (χ2n) is 10.3. The van der Waals surface area contributed by atoms with E-state index in [4.69, 9.17) is 0 Å².